The van der Waals surface area contributed by atoms with E-state index in [1.165, 1.54) is 18.5 Å². The van der Waals surface area contributed by atoms with Gasteiger partial charge in [-0.3, -0.25) is 14.3 Å². The Morgan fingerprint density at radius 3 is 2.81 bits per heavy atom. The van der Waals surface area contributed by atoms with E-state index in [0.29, 0.717) is 18.8 Å². The fourth-order valence-electron chi connectivity index (χ4n) is 2.89. The van der Waals surface area contributed by atoms with Crippen molar-refractivity contribution in [1.82, 2.24) is 19.6 Å². The van der Waals surface area contributed by atoms with Gasteiger partial charge in [-0.05, 0) is 12.1 Å². The molecule has 0 bridgehead atoms. The lowest BCUT2D eigenvalue weighted by Crippen LogP contribution is -2.06. The van der Waals surface area contributed by atoms with Crippen molar-refractivity contribution < 1.29 is 14.3 Å². The van der Waals surface area contributed by atoms with Gasteiger partial charge in [-0.1, -0.05) is 6.07 Å². The second kappa shape index (κ2) is 6.14. The molecule has 0 radical (unpaired) electrons. The molecule has 0 spiro atoms. The van der Waals surface area contributed by atoms with Gasteiger partial charge in [0.1, 0.15) is 12.4 Å². The van der Waals surface area contributed by atoms with Crippen LogP contribution in [0.25, 0.3) is 11.3 Å². The number of rotatable bonds is 2. The number of carbonyl (C=O) groups is 2. The highest BCUT2D eigenvalue weighted by atomic mass is 16.5. The van der Waals surface area contributed by atoms with Gasteiger partial charge in [0.15, 0.2) is 0 Å². The molecule has 8 nitrogen and oxygen atoms in total. The summed E-state index contributed by atoms with van der Waals surface area (Å²) in [6.45, 7) is 3.85. The average molecular weight is 351 g/mol. The molecule has 0 unspecified atom stereocenters. The standard InChI is InChI=1S/C18H17N5O3/c1-11(24)20-15-4-3-13-8-23-16(10-26-18(13)5-15)6-17(21-23)14-7-19-22(9-14)12(2)25/h3-7,9H,8,10H2,1-2H3,(H,20,24). The van der Waals surface area contributed by atoms with Gasteiger partial charge in [0.05, 0.1) is 24.1 Å². The van der Waals surface area contributed by atoms with E-state index in [-0.39, 0.29) is 11.8 Å². The summed E-state index contributed by atoms with van der Waals surface area (Å²) in [7, 11) is 0. The van der Waals surface area contributed by atoms with E-state index < -0.39 is 0 Å². The van der Waals surface area contributed by atoms with Crippen LogP contribution >= 0.6 is 0 Å². The number of nitrogens with one attached hydrogen (secondary N) is 1. The summed E-state index contributed by atoms with van der Waals surface area (Å²) >= 11 is 0. The quantitative estimate of drug-likeness (QED) is 0.765. The monoisotopic (exact) mass is 351 g/mol. The number of ether oxygens (including phenoxy) is 1. The third-order valence-corrected chi connectivity index (χ3v) is 4.15. The first-order valence-corrected chi connectivity index (χ1v) is 8.15. The Bertz CT molecular complexity index is 1020. The van der Waals surface area contributed by atoms with E-state index >= 15 is 0 Å². The van der Waals surface area contributed by atoms with E-state index in [1.54, 1.807) is 12.4 Å². The molecule has 2 aromatic heterocycles. The summed E-state index contributed by atoms with van der Waals surface area (Å²) in [5.74, 6) is 0.458. The zero-order valence-corrected chi connectivity index (χ0v) is 14.4. The van der Waals surface area contributed by atoms with Gasteiger partial charge in [-0.15, -0.1) is 0 Å². The lowest BCUT2D eigenvalue weighted by atomic mass is 10.2. The highest BCUT2D eigenvalue weighted by Gasteiger charge is 2.18. The second-order valence-electron chi connectivity index (χ2n) is 6.16. The number of hydrogen-bond donors (Lipinski definition) is 1. The molecule has 4 rings (SSSR count). The Morgan fingerprint density at radius 2 is 2.08 bits per heavy atom. The van der Waals surface area contributed by atoms with Gasteiger partial charge in [0, 0.05) is 42.9 Å². The Labute approximate surface area is 149 Å². The van der Waals surface area contributed by atoms with Gasteiger partial charge in [0.25, 0.3) is 0 Å². The summed E-state index contributed by atoms with van der Waals surface area (Å²) in [5, 5.41) is 11.4. The van der Waals surface area contributed by atoms with Crippen LogP contribution in [0, 0.1) is 0 Å². The second-order valence-corrected chi connectivity index (χ2v) is 6.16. The molecule has 1 aromatic carbocycles. The van der Waals surface area contributed by atoms with Gasteiger partial charge in [-0.25, -0.2) is 4.68 Å². The summed E-state index contributed by atoms with van der Waals surface area (Å²) in [4.78, 5) is 22.6. The molecule has 0 saturated heterocycles. The lowest BCUT2D eigenvalue weighted by Gasteiger charge is -2.09. The maximum atomic E-state index is 11.4. The van der Waals surface area contributed by atoms with Gasteiger partial charge < -0.3 is 10.1 Å². The summed E-state index contributed by atoms with van der Waals surface area (Å²) < 4.78 is 9.07. The van der Waals surface area contributed by atoms with Crippen LogP contribution in [-0.4, -0.2) is 31.4 Å². The van der Waals surface area contributed by atoms with E-state index in [4.69, 9.17) is 4.74 Å². The largest absolute Gasteiger partial charge is 0.487 e. The van der Waals surface area contributed by atoms with Crippen LogP contribution in [0.2, 0.25) is 0 Å². The zero-order chi connectivity index (χ0) is 18.3. The first-order chi connectivity index (χ1) is 12.5. The lowest BCUT2D eigenvalue weighted by molar-refractivity contribution is -0.114. The van der Waals surface area contributed by atoms with Crippen LogP contribution in [0.3, 0.4) is 0 Å². The molecular weight excluding hydrogens is 334 g/mol. The molecule has 0 aliphatic carbocycles. The molecule has 132 valence electrons. The number of benzene rings is 1. The topological polar surface area (TPSA) is 91.0 Å². The first-order valence-electron chi connectivity index (χ1n) is 8.15. The van der Waals surface area contributed by atoms with Crippen molar-refractivity contribution in [2.45, 2.75) is 27.0 Å². The number of aromatic nitrogens is 4. The maximum Gasteiger partial charge on any atom is 0.243 e. The predicted octanol–water partition coefficient (Wildman–Crippen LogP) is 2.31. The molecule has 1 N–H and O–H groups in total. The van der Waals surface area contributed by atoms with Crippen molar-refractivity contribution in [3.05, 3.63) is 47.9 Å². The third kappa shape index (κ3) is 2.97. The van der Waals surface area contributed by atoms with Crippen LogP contribution in [0.4, 0.5) is 5.69 Å². The summed E-state index contributed by atoms with van der Waals surface area (Å²) in [6, 6.07) is 7.52. The van der Waals surface area contributed by atoms with Crippen LogP contribution in [0.1, 0.15) is 29.9 Å². The number of anilines is 1. The van der Waals surface area contributed by atoms with Crippen LogP contribution < -0.4 is 10.1 Å². The van der Waals surface area contributed by atoms with Crippen molar-refractivity contribution in [2.75, 3.05) is 5.32 Å². The van der Waals surface area contributed by atoms with Gasteiger partial charge in [-0.2, -0.15) is 10.2 Å². The van der Waals surface area contributed by atoms with Gasteiger partial charge in [0.2, 0.25) is 11.8 Å². The highest BCUT2D eigenvalue weighted by molar-refractivity contribution is 5.88. The zero-order valence-electron chi connectivity index (χ0n) is 14.4. The van der Waals surface area contributed by atoms with Crippen LogP contribution in [0.5, 0.6) is 5.75 Å². The maximum absolute atomic E-state index is 11.4. The summed E-state index contributed by atoms with van der Waals surface area (Å²) in [6.07, 6.45) is 3.29. The number of nitrogens with zero attached hydrogens (tertiary/aromatic N) is 4. The number of fused-ring (bicyclic) bond motifs is 2. The number of hydrogen-bond acceptors (Lipinski definition) is 5. The van der Waals surface area contributed by atoms with Crippen molar-refractivity contribution in [1.29, 1.82) is 0 Å². The first kappa shape index (κ1) is 16.1. The number of amides is 1. The predicted molar refractivity (Wildman–Crippen MR) is 93.9 cm³/mol. The highest BCUT2D eigenvalue weighted by Crippen LogP contribution is 2.29. The van der Waals surface area contributed by atoms with Crippen molar-refractivity contribution >= 4 is 17.5 Å². The summed E-state index contributed by atoms with van der Waals surface area (Å²) in [5.41, 5.74) is 4.13. The molecule has 0 fully saturated rings. The molecule has 26 heavy (non-hydrogen) atoms. The third-order valence-electron chi connectivity index (χ3n) is 4.15. The molecular formula is C18H17N5O3. The van der Waals surface area contributed by atoms with Crippen LogP contribution in [0.15, 0.2) is 36.7 Å². The molecule has 0 atom stereocenters. The molecule has 3 heterocycles. The molecule has 0 saturated carbocycles. The van der Waals surface area contributed by atoms with Crippen molar-refractivity contribution in [2.24, 2.45) is 0 Å². The average Bonchev–Trinajstić information content (AvgIpc) is 3.18. The molecule has 1 amide bonds. The normalized spacial score (nSPS) is 12.5. The Kier molecular flexibility index (Phi) is 3.80. The Hall–Kier alpha value is -3.42. The van der Waals surface area contributed by atoms with E-state index in [2.05, 4.69) is 15.5 Å². The number of carbonyl (C=O) groups excluding carboxylic acids is 2. The minimum Gasteiger partial charge on any atom is -0.487 e. The minimum absolute atomic E-state index is 0.123. The van der Waals surface area contributed by atoms with E-state index in [1.807, 2.05) is 28.9 Å². The molecule has 1 aliphatic heterocycles. The minimum atomic E-state index is -0.149. The van der Waals surface area contributed by atoms with Gasteiger partial charge >= 0.3 is 0 Å². The fraction of sp³-hybridized carbons (Fsp3) is 0.222. The molecule has 8 heteroatoms. The van der Waals surface area contributed by atoms with E-state index in [0.717, 1.165) is 28.3 Å². The Balaban J connectivity index is 1.62. The fourth-order valence-corrected chi connectivity index (χ4v) is 2.89. The molecule has 3 aromatic rings. The SMILES string of the molecule is CC(=O)Nc1ccc2c(c1)OCc1cc(-c3cnn(C(C)=O)c3)nn1C2. The van der Waals surface area contributed by atoms with Crippen molar-refractivity contribution in [3.8, 4) is 17.0 Å². The molecule has 1 aliphatic rings. The Morgan fingerprint density at radius 1 is 1.23 bits per heavy atom. The van der Waals surface area contributed by atoms with E-state index in [9.17, 15) is 9.59 Å². The van der Waals surface area contributed by atoms with Crippen molar-refractivity contribution in [3.63, 3.8) is 0 Å². The smallest absolute Gasteiger partial charge is 0.243 e. The van der Waals surface area contributed by atoms with Crippen LogP contribution in [-0.2, 0) is 17.9 Å².